The van der Waals surface area contributed by atoms with Crippen LogP contribution in [0.1, 0.15) is 12.0 Å². The monoisotopic (exact) mass is 343 g/mol. The fraction of sp³-hybridized carbons (Fsp3) is 0.278. The molecule has 2 atom stereocenters. The third-order valence-electron chi connectivity index (χ3n) is 4.12. The van der Waals surface area contributed by atoms with Gasteiger partial charge in [0.15, 0.2) is 5.78 Å². The van der Waals surface area contributed by atoms with Crippen LogP contribution in [0, 0.1) is 11.8 Å². The fourth-order valence-electron chi connectivity index (χ4n) is 3.01. The molecule has 2 unspecified atom stereocenters. The smallest absolute Gasteiger partial charge is 0.166 e. The maximum Gasteiger partial charge on any atom is 0.166 e. The van der Waals surface area contributed by atoms with Crippen molar-refractivity contribution in [3.63, 3.8) is 0 Å². The van der Waals surface area contributed by atoms with Crippen molar-refractivity contribution >= 4 is 33.5 Å². The number of allylic oxidation sites excluding steroid dienone is 5. The number of benzene rings is 1. The summed E-state index contributed by atoms with van der Waals surface area (Å²) in [6, 6.07) is 6.21. The predicted molar refractivity (Wildman–Crippen MR) is 91.3 cm³/mol. The van der Waals surface area contributed by atoms with Crippen molar-refractivity contribution in [1.29, 1.82) is 0 Å². The Bertz CT molecular complexity index is 670. The number of hydrogen-bond acceptors (Lipinski definition) is 2. The maximum absolute atomic E-state index is 12.4. The molecule has 2 aliphatic carbocycles. The summed E-state index contributed by atoms with van der Waals surface area (Å²) in [5, 5.41) is 0. The highest BCUT2D eigenvalue weighted by atomic mass is 79.9. The van der Waals surface area contributed by atoms with Crippen LogP contribution in [-0.4, -0.2) is 19.9 Å². The summed E-state index contributed by atoms with van der Waals surface area (Å²) in [5.74, 6) is 0.664. The van der Waals surface area contributed by atoms with E-state index in [1.807, 2.05) is 38.4 Å². The van der Waals surface area contributed by atoms with Crippen molar-refractivity contribution < 1.29 is 4.79 Å². The molecule has 0 aliphatic heterocycles. The molecule has 1 aromatic carbocycles. The second-order valence-electron chi connectivity index (χ2n) is 5.80. The first-order valence-electron chi connectivity index (χ1n) is 7.13. The van der Waals surface area contributed by atoms with Crippen LogP contribution in [0.4, 0.5) is 5.69 Å². The number of halogens is 1. The van der Waals surface area contributed by atoms with Crippen LogP contribution in [0.2, 0.25) is 0 Å². The highest BCUT2D eigenvalue weighted by Crippen LogP contribution is 2.38. The number of nitrogens with zero attached hydrogens (tertiary/aromatic N) is 1. The molecule has 108 valence electrons. The van der Waals surface area contributed by atoms with Crippen LogP contribution >= 0.6 is 15.9 Å². The number of carbonyl (C=O) groups is 1. The highest BCUT2D eigenvalue weighted by molar-refractivity contribution is 9.10. The van der Waals surface area contributed by atoms with E-state index in [2.05, 4.69) is 45.1 Å². The molecule has 0 N–H and O–H groups in total. The van der Waals surface area contributed by atoms with Crippen molar-refractivity contribution in [2.45, 2.75) is 6.42 Å². The molecular formula is C18H18BrNO. The molecular weight excluding hydrogens is 326 g/mol. The zero-order valence-electron chi connectivity index (χ0n) is 12.2. The van der Waals surface area contributed by atoms with Gasteiger partial charge in [-0.3, -0.25) is 4.79 Å². The van der Waals surface area contributed by atoms with Crippen LogP contribution in [-0.2, 0) is 4.79 Å². The van der Waals surface area contributed by atoms with Crippen molar-refractivity contribution in [3.8, 4) is 0 Å². The number of fused-ring (bicyclic) bond motifs is 1. The first-order valence-corrected chi connectivity index (χ1v) is 7.92. The van der Waals surface area contributed by atoms with E-state index in [9.17, 15) is 4.79 Å². The second-order valence-corrected chi connectivity index (χ2v) is 6.66. The number of hydrogen-bond donors (Lipinski definition) is 0. The zero-order chi connectivity index (χ0) is 15.0. The Labute approximate surface area is 134 Å². The Morgan fingerprint density at radius 2 is 2.00 bits per heavy atom. The Morgan fingerprint density at radius 3 is 2.67 bits per heavy atom. The summed E-state index contributed by atoms with van der Waals surface area (Å²) in [6.07, 6.45) is 11.1. The molecule has 0 spiro atoms. The van der Waals surface area contributed by atoms with E-state index < -0.39 is 0 Å². The highest BCUT2D eigenvalue weighted by Gasteiger charge is 2.35. The zero-order valence-corrected chi connectivity index (χ0v) is 13.8. The Morgan fingerprint density at radius 1 is 1.24 bits per heavy atom. The minimum Gasteiger partial charge on any atom is -0.377 e. The summed E-state index contributed by atoms with van der Waals surface area (Å²) >= 11 is 3.60. The number of carbonyl (C=O) groups excluding carboxylic acids is 1. The molecule has 0 heterocycles. The number of Topliss-reactive ketones (excluding diaryl/α,β-unsaturated/α-hetero) is 1. The lowest BCUT2D eigenvalue weighted by atomic mass is 9.92. The van der Waals surface area contributed by atoms with E-state index in [0.717, 1.165) is 27.7 Å². The second kappa shape index (κ2) is 5.64. The van der Waals surface area contributed by atoms with Crippen LogP contribution in [0.5, 0.6) is 0 Å². The summed E-state index contributed by atoms with van der Waals surface area (Å²) in [6.45, 7) is 0. The minimum atomic E-state index is 0.0470. The Balaban J connectivity index is 1.89. The van der Waals surface area contributed by atoms with Crippen LogP contribution < -0.4 is 4.90 Å². The summed E-state index contributed by atoms with van der Waals surface area (Å²) in [7, 11) is 4.03. The molecule has 0 amide bonds. The molecule has 2 nitrogen and oxygen atoms in total. The average molecular weight is 344 g/mol. The first-order chi connectivity index (χ1) is 10.1. The van der Waals surface area contributed by atoms with Crippen LogP contribution in [0.3, 0.4) is 0 Å². The van der Waals surface area contributed by atoms with Crippen LogP contribution in [0.25, 0.3) is 6.08 Å². The number of rotatable bonds is 2. The summed E-state index contributed by atoms with van der Waals surface area (Å²) in [4.78, 5) is 14.5. The molecule has 1 saturated carbocycles. The van der Waals surface area contributed by atoms with Gasteiger partial charge in [0.25, 0.3) is 0 Å². The molecule has 1 fully saturated rings. The van der Waals surface area contributed by atoms with Gasteiger partial charge >= 0.3 is 0 Å². The largest absolute Gasteiger partial charge is 0.377 e. The summed E-state index contributed by atoms with van der Waals surface area (Å²) < 4.78 is 1.05. The number of ketones is 1. The quantitative estimate of drug-likeness (QED) is 0.749. The van der Waals surface area contributed by atoms with Gasteiger partial charge in [0.05, 0.1) is 5.69 Å². The van der Waals surface area contributed by atoms with E-state index in [0.29, 0.717) is 5.92 Å². The lowest BCUT2D eigenvalue weighted by Crippen LogP contribution is -2.12. The van der Waals surface area contributed by atoms with Gasteiger partial charge in [-0.15, -0.1) is 0 Å². The van der Waals surface area contributed by atoms with Gasteiger partial charge in [0, 0.05) is 24.5 Å². The molecule has 0 aromatic heterocycles. The normalized spacial score (nSPS) is 25.5. The molecule has 3 rings (SSSR count). The fourth-order valence-corrected chi connectivity index (χ4v) is 3.76. The summed E-state index contributed by atoms with van der Waals surface area (Å²) in [5.41, 5.74) is 3.14. The third-order valence-corrected chi connectivity index (χ3v) is 4.75. The van der Waals surface area contributed by atoms with E-state index in [4.69, 9.17) is 0 Å². The van der Waals surface area contributed by atoms with Crippen LogP contribution in [0.15, 0.2) is 52.5 Å². The lowest BCUT2D eigenvalue weighted by molar-refractivity contribution is -0.116. The minimum absolute atomic E-state index is 0.0470. The Hall–Kier alpha value is -1.61. The maximum atomic E-state index is 12.4. The van der Waals surface area contributed by atoms with Crippen molar-refractivity contribution in [3.05, 3.63) is 58.1 Å². The van der Waals surface area contributed by atoms with Gasteiger partial charge in [0.2, 0.25) is 0 Å². The molecule has 21 heavy (non-hydrogen) atoms. The van der Waals surface area contributed by atoms with Gasteiger partial charge in [0.1, 0.15) is 0 Å². The topological polar surface area (TPSA) is 20.3 Å². The van der Waals surface area contributed by atoms with E-state index in [1.54, 1.807) is 0 Å². The van der Waals surface area contributed by atoms with Crippen molar-refractivity contribution in [2.75, 3.05) is 19.0 Å². The lowest BCUT2D eigenvalue weighted by Gasteiger charge is -2.14. The molecule has 0 bridgehead atoms. The van der Waals surface area contributed by atoms with Crippen molar-refractivity contribution in [1.82, 2.24) is 0 Å². The van der Waals surface area contributed by atoms with Gasteiger partial charge in [-0.25, -0.2) is 0 Å². The first kappa shape index (κ1) is 14.3. The Kier molecular flexibility index (Phi) is 3.85. The predicted octanol–water partition coefficient (Wildman–Crippen LogP) is 4.23. The average Bonchev–Trinajstić information content (AvgIpc) is 2.76. The van der Waals surface area contributed by atoms with Gasteiger partial charge in [-0.05, 0) is 57.6 Å². The van der Waals surface area contributed by atoms with Gasteiger partial charge < -0.3 is 4.90 Å². The number of anilines is 1. The SMILES string of the molecule is CN(C)c1ccc(/C=C2\CC3C=CC=CC3C2=O)cc1Br. The van der Waals surface area contributed by atoms with E-state index in [-0.39, 0.29) is 11.7 Å². The van der Waals surface area contributed by atoms with Gasteiger partial charge in [-0.1, -0.05) is 30.4 Å². The molecule has 3 heteroatoms. The standard InChI is InChI=1S/C18H18BrNO/c1-20(2)17-8-7-12(10-16(17)19)9-14-11-13-5-3-4-6-15(13)18(14)21/h3-10,13,15H,11H2,1-2H3/b14-9+. The molecule has 0 saturated heterocycles. The van der Waals surface area contributed by atoms with E-state index >= 15 is 0 Å². The molecule has 2 aliphatic rings. The molecule has 0 radical (unpaired) electrons. The molecule has 1 aromatic rings. The van der Waals surface area contributed by atoms with Gasteiger partial charge in [-0.2, -0.15) is 0 Å². The third kappa shape index (κ3) is 2.75. The van der Waals surface area contributed by atoms with Crippen molar-refractivity contribution in [2.24, 2.45) is 11.8 Å². The van der Waals surface area contributed by atoms with E-state index in [1.165, 1.54) is 0 Å².